The van der Waals surface area contributed by atoms with Crippen molar-refractivity contribution in [1.29, 1.82) is 0 Å². The molecule has 6 rings (SSSR count). The van der Waals surface area contributed by atoms with Gasteiger partial charge in [0.25, 0.3) is 5.69 Å². The van der Waals surface area contributed by atoms with Crippen LogP contribution < -0.4 is 5.32 Å². The van der Waals surface area contributed by atoms with Gasteiger partial charge in [0.15, 0.2) is 5.78 Å². The van der Waals surface area contributed by atoms with Crippen molar-refractivity contribution in [3.63, 3.8) is 0 Å². The molecule has 3 aromatic carbocycles. The van der Waals surface area contributed by atoms with Gasteiger partial charge in [-0.15, -0.1) is 11.8 Å². The molecule has 1 spiro atoms. The second-order valence-electron chi connectivity index (χ2n) is 9.84. The minimum Gasteiger partial charge on any atom is -0.324 e. The highest BCUT2D eigenvalue weighted by atomic mass is 32.2. The number of anilines is 1. The topological polar surface area (TPSA) is 92.5 Å². The lowest BCUT2D eigenvalue weighted by Gasteiger charge is -2.36. The van der Waals surface area contributed by atoms with Gasteiger partial charge in [0.2, 0.25) is 5.91 Å². The van der Waals surface area contributed by atoms with Crippen LogP contribution >= 0.6 is 11.8 Å². The number of non-ortho nitro benzene ring substituents is 1. The zero-order chi connectivity index (χ0) is 25.2. The summed E-state index contributed by atoms with van der Waals surface area (Å²) in [6.45, 7) is 3.99. The minimum absolute atomic E-state index is 0.00486. The number of hydrogen-bond acceptors (Lipinski definition) is 6. The summed E-state index contributed by atoms with van der Waals surface area (Å²) >= 11 is 1.75. The number of nitrogens with one attached hydrogen (secondary N) is 1. The van der Waals surface area contributed by atoms with Crippen molar-refractivity contribution >= 4 is 34.8 Å². The van der Waals surface area contributed by atoms with Gasteiger partial charge in [0.1, 0.15) is 5.54 Å². The number of thioether (sulfide) groups is 1. The van der Waals surface area contributed by atoms with E-state index in [1.165, 1.54) is 12.1 Å². The first-order valence-electron chi connectivity index (χ1n) is 12.0. The fourth-order valence-corrected chi connectivity index (χ4v) is 7.83. The van der Waals surface area contributed by atoms with Crippen LogP contribution in [0.15, 0.2) is 66.7 Å². The molecule has 3 aromatic rings. The Balaban J connectivity index is 1.62. The number of hydrogen-bond donors (Lipinski definition) is 1. The minimum atomic E-state index is -1.15. The SMILES string of the molecule is Cc1cc(C)c2c(c1)[C@]1(C(=O)N2)C(C(=O)c2ccccc2)C(c2ccc([N+](=O)[O-])cc2)C2CSCN21. The fourth-order valence-electron chi connectivity index (χ4n) is 6.51. The Morgan fingerprint density at radius 1 is 1.11 bits per heavy atom. The van der Waals surface area contributed by atoms with Crippen molar-refractivity contribution in [1.82, 2.24) is 4.90 Å². The van der Waals surface area contributed by atoms with Gasteiger partial charge in [-0.2, -0.15) is 0 Å². The summed E-state index contributed by atoms with van der Waals surface area (Å²) in [5, 5.41) is 14.4. The van der Waals surface area contributed by atoms with Crippen LogP contribution in [0.3, 0.4) is 0 Å². The number of nitro benzene ring substituents is 1. The molecule has 0 radical (unpaired) electrons. The van der Waals surface area contributed by atoms with E-state index in [-0.39, 0.29) is 29.3 Å². The molecule has 4 atom stereocenters. The maximum Gasteiger partial charge on any atom is 0.269 e. The van der Waals surface area contributed by atoms with Crippen LogP contribution in [-0.4, -0.2) is 39.2 Å². The van der Waals surface area contributed by atoms with Crippen LogP contribution in [-0.2, 0) is 10.3 Å². The summed E-state index contributed by atoms with van der Waals surface area (Å²) in [4.78, 5) is 41.6. The second kappa shape index (κ2) is 8.28. The number of aryl methyl sites for hydroxylation is 2. The molecule has 1 N–H and O–H groups in total. The summed E-state index contributed by atoms with van der Waals surface area (Å²) in [5.41, 5.74) is 3.92. The third-order valence-corrected chi connectivity index (χ3v) is 8.94. The number of amides is 1. The number of carbonyl (C=O) groups is 2. The fraction of sp³-hybridized carbons (Fsp3) is 0.286. The molecular weight excluding hydrogens is 474 g/mol. The molecule has 1 amide bonds. The molecule has 3 unspecified atom stereocenters. The molecule has 0 saturated carbocycles. The zero-order valence-corrected chi connectivity index (χ0v) is 20.7. The number of Topliss-reactive ketones (excluding diaryl/α,β-unsaturated/α-hetero) is 1. The Labute approximate surface area is 213 Å². The van der Waals surface area contributed by atoms with Crippen molar-refractivity contribution in [2.24, 2.45) is 5.92 Å². The van der Waals surface area contributed by atoms with E-state index >= 15 is 0 Å². The number of nitro groups is 1. The van der Waals surface area contributed by atoms with Crippen LogP contribution in [0.4, 0.5) is 11.4 Å². The van der Waals surface area contributed by atoms with E-state index in [0.717, 1.165) is 33.7 Å². The predicted molar refractivity (Wildman–Crippen MR) is 139 cm³/mol. The van der Waals surface area contributed by atoms with Gasteiger partial charge in [-0.1, -0.05) is 60.2 Å². The Bertz CT molecular complexity index is 1410. The normalized spacial score (nSPS) is 26.6. The van der Waals surface area contributed by atoms with Gasteiger partial charge in [-0.3, -0.25) is 24.6 Å². The van der Waals surface area contributed by atoms with E-state index in [2.05, 4.69) is 10.2 Å². The van der Waals surface area contributed by atoms with Crippen molar-refractivity contribution in [2.45, 2.75) is 31.3 Å². The van der Waals surface area contributed by atoms with Crippen LogP contribution in [0.1, 0.15) is 38.5 Å². The lowest BCUT2D eigenvalue weighted by atomic mass is 9.69. The molecule has 0 bridgehead atoms. The molecule has 0 aromatic heterocycles. The van der Waals surface area contributed by atoms with E-state index in [1.54, 1.807) is 36.0 Å². The van der Waals surface area contributed by atoms with E-state index < -0.39 is 16.4 Å². The number of nitrogens with zero attached hydrogens (tertiary/aromatic N) is 2. The van der Waals surface area contributed by atoms with Crippen LogP contribution in [0.2, 0.25) is 0 Å². The van der Waals surface area contributed by atoms with E-state index in [4.69, 9.17) is 0 Å². The molecular formula is C28H25N3O4S. The highest BCUT2D eigenvalue weighted by Crippen LogP contribution is 2.61. The van der Waals surface area contributed by atoms with Crippen LogP contribution in [0.25, 0.3) is 0 Å². The molecule has 3 heterocycles. The third-order valence-electron chi connectivity index (χ3n) is 7.90. The summed E-state index contributed by atoms with van der Waals surface area (Å²) in [7, 11) is 0. The highest BCUT2D eigenvalue weighted by Gasteiger charge is 2.69. The largest absolute Gasteiger partial charge is 0.324 e. The molecule has 2 saturated heterocycles. The van der Waals surface area contributed by atoms with Crippen molar-refractivity contribution in [2.75, 3.05) is 16.9 Å². The van der Waals surface area contributed by atoms with Gasteiger partial charge in [0, 0.05) is 52.5 Å². The van der Waals surface area contributed by atoms with Gasteiger partial charge >= 0.3 is 0 Å². The molecule has 0 aliphatic carbocycles. The molecule has 3 aliphatic heterocycles. The number of ketones is 1. The first-order valence-corrected chi connectivity index (χ1v) is 13.1. The molecule has 7 nitrogen and oxygen atoms in total. The monoisotopic (exact) mass is 499 g/mol. The van der Waals surface area contributed by atoms with Crippen molar-refractivity contribution in [3.05, 3.63) is 105 Å². The maximum absolute atomic E-state index is 14.4. The summed E-state index contributed by atoms with van der Waals surface area (Å²) in [5.74, 6) is 0.167. The summed E-state index contributed by atoms with van der Waals surface area (Å²) in [6, 6.07) is 19.7. The van der Waals surface area contributed by atoms with Crippen molar-refractivity contribution in [3.8, 4) is 0 Å². The summed E-state index contributed by atoms with van der Waals surface area (Å²) in [6.07, 6.45) is 0. The zero-order valence-electron chi connectivity index (χ0n) is 19.9. The summed E-state index contributed by atoms with van der Waals surface area (Å²) < 4.78 is 0. The number of benzene rings is 3. The standard InChI is InChI=1S/C28H25N3O4S/c1-16-12-17(2)25-21(13-16)28(27(33)29-25)24(26(32)19-6-4-3-5-7-19)23(22-14-36-15-30(22)28)18-8-10-20(11-9-18)31(34)35/h3-13,22-24H,14-15H2,1-2H3,(H,29,33)/t22?,23?,24?,28-/m1/s1. The van der Waals surface area contributed by atoms with Gasteiger partial charge < -0.3 is 5.32 Å². The van der Waals surface area contributed by atoms with E-state index in [1.807, 2.05) is 44.2 Å². The molecule has 8 heteroatoms. The molecule has 3 aliphatic rings. The molecule has 182 valence electrons. The first kappa shape index (κ1) is 22.9. The Morgan fingerprint density at radius 2 is 1.83 bits per heavy atom. The Morgan fingerprint density at radius 3 is 2.53 bits per heavy atom. The number of fused-ring (bicyclic) bond motifs is 4. The first-order chi connectivity index (χ1) is 17.3. The number of carbonyl (C=O) groups excluding carboxylic acids is 2. The van der Waals surface area contributed by atoms with E-state index in [9.17, 15) is 19.7 Å². The lowest BCUT2D eigenvalue weighted by Crippen LogP contribution is -2.52. The van der Waals surface area contributed by atoms with Gasteiger partial charge in [-0.25, -0.2) is 0 Å². The second-order valence-corrected chi connectivity index (χ2v) is 10.8. The molecule has 2 fully saturated rings. The number of rotatable bonds is 4. The maximum atomic E-state index is 14.4. The van der Waals surface area contributed by atoms with Gasteiger partial charge in [-0.05, 0) is 25.0 Å². The van der Waals surface area contributed by atoms with Gasteiger partial charge in [0.05, 0.1) is 10.8 Å². The lowest BCUT2D eigenvalue weighted by molar-refractivity contribution is -0.384. The average molecular weight is 500 g/mol. The quantitative estimate of drug-likeness (QED) is 0.308. The van der Waals surface area contributed by atoms with Crippen molar-refractivity contribution < 1.29 is 14.5 Å². The smallest absolute Gasteiger partial charge is 0.269 e. The highest BCUT2D eigenvalue weighted by molar-refractivity contribution is 7.99. The average Bonchev–Trinajstić information content (AvgIpc) is 3.53. The Kier molecular flexibility index (Phi) is 5.28. The Hall–Kier alpha value is -3.49. The van der Waals surface area contributed by atoms with Crippen LogP contribution in [0.5, 0.6) is 0 Å². The van der Waals surface area contributed by atoms with Crippen LogP contribution in [0, 0.1) is 29.9 Å². The molecule has 36 heavy (non-hydrogen) atoms. The third kappa shape index (κ3) is 3.10. The van der Waals surface area contributed by atoms with E-state index in [0.29, 0.717) is 11.4 Å². The predicted octanol–water partition coefficient (Wildman–Crippen LogP) is 5.03.